The normalized spacial score (nSPS) is 9.95. The summed E-state index contributed by atoms with van der Waals surface area (Å²) in [5, 5.41) is 3.25. The number of hydrogen-bond donors (Lipinski definition) is 2. The van der Waals surface area contributed by atoms with E-state index in [1.807, 2.05) is 0 Å². The molecule has 0 saturated carbocycles. The summed E-state index contributed by atoms with van der Waals surface area (Å²) in [4.78, 5) is 24.5. The lowest BCUT2D eigenvalue weighted by atomic mass is 10.2. The van der Waals surface area contributed by atoms with Crippen LogP contribution < -0.4 is 11.1 Å². The molecule has 0 fully saturated rings. The van der Waals surface area contributed by atoms with Crippen LogP contribution in [0, 0.1) is 0 Å². The zero-order valence-electron chi connectivity index (χ0n) is 11.3. The van der Waals surface area contributed by atoms with Gasteiger partial charge >= 0.3 is 12.1 Å². The second-order valence-corrected chi connectivity index (χ2v) is 4.36. The topological polar surface area (TPSA) is 84.7 Å². The molecule has 0 spiro atoms. The molecule has 0 aliphatic heterocycles. The molecule has 0 aromatic heterocycles. The van der Waals surface area contributed by atoms with Gasteiger partial charge in [-0.05, 0) is 24.6 Å². The zero-order chi connectivity index (χ0) is 15.0. The number of nitrogens with zero attached hydrogens (tertiary/aromatic N) is 1. The van der Waals surface area contributed by atoms with Gasteiger partial charge in [0.05, 0.1) is 6.61 Å². The van der Waals surface area contributed by atoms with E-state index in [9.17, 15) is 9.59 Å². The predicted molar refractivity (Wildman–Crippen MR) is 76.5 cm³/mol. The van der Waals surface area contributed by atoms with Gasteiger partial charge in [-0.2, -0.15) is 0 Å². The number of urea groups is 1. The lowest BCUT2D eigenvalue weighted by Crippen LogP contribution is -2.46. The van der Waals surface area contributed by atoms with Gasteiger partial charge < -0.3 is 15.8 Å². The maximum absolute atomic E-state index is 11.9. The van der Waals surface area contributed by atoms with Crippen LogP contribution in [0.4, 0.5) is 9.59 Å². The molecule has 0 aliphatic rings. The summed E-state index contributed by atoms with van der Waals surface area (Å²) >= 11 is 5.77. The van der Waals surface area contributed by atoms with Gasteiger partial charge in [0.25, 0.3) is 0 Å². The van der Waals surface area contributed by atoms with Gasteiger partial charge in [0.2, 0.25) is 0 Å². The number of nitrogens with one attached hydrogen (secondary N) is 1. The molecule has 0 bridgehead atoms. The number of carbonyl (C=O) groups excluding carboxylic acids is 2. The highest BCUT2D eigenvalue weighted by atomic mass is 35.5. The molecule has 1 aromatic carbocycles. The number of benzene rings is 1. The van der Waals surface area contributed by atoms with Crippen molar-refractivity contribution in [2.24, 2.45) is 5.73 Å². The van der Waals surface area contributed by atoms with E-state index in [2.05, 4.69) is 5.32 Å². The summed E-state index contributed by atoms with van der Waals surface area (Å²) in [7, 11) is 0. The Morgan fingerprint density at radius 2 is 2.00 bits per heavy atom. The fourth-order valence-electron chi connectivity index (χ4n) is 1.48. The Morgan fingerprint density at radius 1 is 1.35 bits per heavy atom. The Morgan fingerprint density at radius 3 is 2.55 bits per heavy atom. The van der Waals surface area contributed by atoms with Gasteiger partial charge in [-0.15, -0.1) is 0 Å². The van der Waals surface area contributed by atoms with Crippen LogP contribution in [0.5, 0.6) is 0 Å². The molecule has 6 nitrogen and oxygen atoms in total. The number of imide groups is 1. The van der Waals surface area contributed by atoms with Crippen molar-refractivity contribution >= 4 is 23.7 Å². The Kier molecular flexibility index (Phi) is 6.83. The Labute approximate surface area is 122 Å². The van der Waals surface area contributed by atoms with Gasteiger partial charge in [-0.25, -0.2) is 14.5 Å². The van der Waals surface area contributed by atoms with Crippen LogP contribution in [0.2, 0.25) is 5.02 Å². The summed E-state index contributed by atoms with van der Waals surface area (Å²) in [6, 6.07) is 6.50. The van der Waals surface area contributed by atoms with Crippen LogP contribution in [0.3, 0.4) is 0 Å². The maximum Gasteiger partial charge on any atom is 0.418 e. The number of hydrogen-bond acceptors (Lipinski definition) is 4. The van der Waals surface area contributed by atoms with Crippen LogP contribution in [0.25, 0.3) is 0 Å². The van der Waals surface area contributed by atoms with Crippen LogP contribution >= 0.6 is 11.6 Å². The lowest BCUT2D eigenvalue weighted by Gasteiger charge is -2.19. The molecule has 20 heavy (non-hydrogen) atoms. The Hall–Kier alpha value is -1.79. The summed E-state index contributed by atoms with van der Waals surface area (Å²) in [6.07, 6.45) is -0.702. The summed E-state index contributed by atoms with van der Waals surface area (Å²) in [5.41, 5.74) is 6.26. The molecule has 0 heterocycles. The van der Waals surface area contributed by atoms with Crippen LogP contribution in [0.1, 0.15) is 12.5 Å². The molecular formula is C13H18ClN3O3. The number of amides is 3. The number of rotatable bonds is 5. The van der Waals surface area contributed by atoms with E-state index in [-0.39, 0.29) is 26.2 Å². The molecule has 3 amide bonds. The number of ether oxygens (including phenoxy) is 1. The first kappa shape index (κ1) is 16.3. The molecule has 0 radical (unpaired) electrons. The first-order valence-corrected chi connectivity index (χ1v) is 6.63. The van der Waals surface area contributed by atoms with Gasteiger partial charge in [-0.1, -0.05) is 23.7 Å². The average Bonchev–Trinajstić information content (AvgIpc) is 2.44. The smallest absolute Gasteiger partial charge is 0.418 e. The summed E-state index contributed by atoms with van der Waals surface area (Å²) in [5.74, 6) is 0. The highest BCUT2D eigenvalue weighted by molar-refractivity contribution is 6.30. The van der Waals surface area contributed by atoms with Crippen LogP contribution in [0.15, 0.2) is 24.3 Å². The van der Waals surface area contributed by atoms with Crippen molar-refractivity contribution in [3.63, 3.8) is 0 Å². The molecule has 0 aliphatic carbocycles. The van der Waals surface area contributed by atoms with Gasteiger partial charge in [-0.3, -0.25) is 0 Å². The average molecular weight is 300 g/mol. The maximum atomic E-state index is 11.9. The zero-order valence-corrected chi connectivity index (χ0v) is 12.0. The highest BCUT2D eigenvalue weighted by Gasteiger charge is 2.21. The molecule has 3 N–H and O–H groups in total. The minimum absolute atomic E-state index is 0.102. The van der Waals surface area contributed by atoms with E-state index >= 15 is 0 Å². The standard InChI is InChI=1S/C13H18ClN3O3/c1-2-20-13(19)17(8-7-15)12(18)16-9-10-3-5-11(14)6-4-10/h3-6H,2,7-9,15H2,1H3,(H,16,18). The fourth-order valence-corrected chi connectivity index (χ4v) is 1.61. The molecule has 0 atom stereocenters. The SMILES string of the molecule is CCOC(=O)N(CCN)C(=O)NCc1ccc(Cl)cc1. The van der Waals surface area contributed by atoms with E-state index in [0.717, 1.165) is 10.5 Å². The van der Waals surface area contributed by atoms with Crippen molar-refractivity contribution in [1.82, 2.24) is 10.2 Å². The third kappa shape index (κ3) is 5.07. The monoisotopic (exact) mass is 299 g/mol. The third-order valence-electron chi connectivity index (χ3n) is 2.44. The van der Waals surface area contributed by atoms with Gasteiger partial charge in [0.15, 0.2) is 0 Å². The quantitative estimate of drug-likeness (QED) is 0.870. The van der Waals surface area contributed by atoms with Gasteiger partial charge in [0, 0.05) is 24.7 Å². The van der Waals surface area contributed by atoms with E-state index in [0.29, 0.717) is 5.02 Å². The Bertz CT molecular complexity index is 451. The summed E-state index contributed by atoms with van der Waals surface area (Å²) in [6.45, 7) is 2.43. The van der Waals surface area contributed by atoms with Crippen molar-refractivity contribution in [2.45, 2.75) is 13.5 Å². The molecule has 0 unspecified atom stereocenters. The second-order valence-electron chi connectivity index (χ2n) is 3.92. The van der Waals surface area contributed by atoms with Crippen LogP contribution in [-0.4, -0.2) is 36.7 Å². The van der Waals surface area contributed by atoms with Crippen molar-refractivity contribution in [2.75, 3.05) is 19.7 Å². The lowest BCUT2D eigenvalue weighted by molar-refractivity contribution is 0.115. The van der Waals surface area contributed by atoms with E-state index in [1.165, 1.54) is 0 Å². The highest BCUT2D eigenvalue weighted by Crippen LogP contribution is 2.09. The van der Waals surface area contributed by atoms with Crippen molar-refractivity contribution < 1.29 is 14.3 Å². The van der Waals surface area contributed by atoms with Crippen molar-refractivity contribution in [3.8, 4) is 0 Å². The predicted octanol–water partition coefficient (Wildman–Crippen LogP) is 1.97. The van der Waals surface area contributed by atoms with Gasteiger partial charge in [0.1, 0.15) is 0 Å². The fraction of sp³-hybridized carbons (Fsp3) is 0.385. The number of halogens is 1. The molecule has 7 heteroatoms. The first-order valence-electron chi connectivity index (χ1n) is 6.25. The second kappa shape index (κ2) is 8.39. The minimum atomic E-state index is -0.702. The molecular weight excluding hydrogens is 282 g/mol. The minimum Gasteiger partial charge on any atom is -0.449 e. The molecule has 1 rings (SSSR count). The molecule has 0 saturated heterocycles. The summed E-state index contributed by atoms with van der Waals surface area (Å²) < 4.78 is 4.80. The van der Waals surface area contributed by atoms with E-state index < -0.39 is 12.1 Å². The Balaban J connectivity index is 2.57. The van der Waals surface area contributed by atoms with Crippen LogP contribution in [-0.2, 0) is 11.3 Å². The number of nitrogens with two attached hydrogens (primary N) is 1. The first-order chi connectivity index (χ1) is 9.58. The molecule has 110 valence electrons. The number of carbonyl (C=O) groups is 2. The van der Waals surface area contributed by atoms with E-state index in [4.69, 9.17) is 22.1 Å². The largest absolute Gasteiger partial charge is 0.449 e. The van der Waals surface area contributed by atoms with Crippen molar-refractivity contribution in [1.29, 1.82) is 0 Å². The molecule has 1 aromatic rings. The third-order valence-corrected chi connectivity index (χ3v) is 2.70. The van der Waals surface area contributed by atoms with Crippen molar-refractivity contribution in [3.05, 3.63) is 34.9 Å². The van der Waals surface area contributed by atoms with E-state index in [1.54, 1.807) is 31.2 Å².